The molecule has 13 heavy (non-hydrogen) atoms. The van der Waals surface area contributed by atoms with Crippen LogP contribution in [0.15, 0.2) is 0 Å². The summed E-state index contributed by atoms with van der Waals surface area (Å²) in [4.78, 5) is 11.1. The largest absolute Gasteiger partial charge is 0.392 e. The van der Waals surface area contributed by atoms with Crippen LogP contribution in [0, 0.1) is 0 Å². The molecule has 0 aliphatic heterocycles. The van der Waals surface area contributed by atoms with Crippen LogP contribution in [0.5, 0.6) is 0 Å². The minimum Gasteiger partial charge on any atom is -0.392 e. The van der Waals surface area contributed by atoms with E-state index in [0.29, 0.717) is 19.1 Å². The normalized spacial score (nSPS) is 15.1. The van der Waals surface area contributed by atoms with E-state index < -0.39 is 6.10 Å². The highest BCUT2D eigenvalue weighted by molar-refractivity contribution is 5.78. The summed E-state index contributed by atoms with van der Waals surface area (Å²) in [7, 11) is 0. The third-order valence-electron chi connectivity index (χ3n) is 1.82. The molecule has 0 bridgehead atoms. The molecule has 3 N–H and O–H groups in total. The van der Waals surface area contributed by atoms with Crippen molar-refractivity contribution in [2.75, 3.05) is 13.1 Å². The third-order valence-corrected chi connectivity index (χ3v) is 1.82. The van der Waals surface area contributed by atoms with Crippen molar-refractivity contribution in [3.05, 3.63) is 0 Å². The van der Waals surface area contributed by atoms with Gasteiger partial charge in [0.15, 0.2) is 0 Å². The first-order valence-corrected chi connectivity index (χ1v) is 4.74. The van der Waals surface area contributed by atoms with Crippen LogP contribution >= 0.6 is 0 Å². The van der Waals surface area contributed by atoms with Crippen LogP contribution in [0.1, 0.15) is 27.2 Å². The summed E-state index contributed by atoms with van der Waals surface area (Å²) < 4.78 is 0. The smallest absolute Gasteiger partial charge is 0.234 e. The predicted molar refractivity (Wildman–Crippen MR) is 52.4 cm³/mol. The van der Waals surface area contributed by atoms with E-state index in [2.05, 4.69) is 17.6 Å². The molecule has 2 unspecified atom stereocenters. The number of amides is 1. The lowest BCUT2D eigenvalue weighted by atomic mass is 10.2. The average molecular weight is 188 g/mol. The first-order valence-electron chi connectivity index (χ1n) is 4.74. The lowest BCUT2D eigenvalue weighted by Crippen LogP contribution is -2.40. The van der Waals surface area contributed by atoms with Crippen molar-refractivity contribution in [3.8, 4) is 0 Å². The van der Waals surface area contributed by atoms with Crippen LogP contribution < -0.4 is 10.6 Å². The van der Waals surface area contributed by atoms with Crippen LogP contribution in [-0.4, -0.2) is 36.2 Å². The van der Waals surface area contributed by atoms with Crippen molar-refractivity contribution in [1.29, 1.82) is 0 Å². The number of hydrogen-bond donors (Lipinski definition) is 3. The number of rotatable bonds is 6. The van der Waals surface area contributed by atoms with Gasteiger partial charge >= 0.3 is 0 Å². The summed E-state index contributed by atoms with van der Waals surface area (Å²) in [5.41, 5.74) is 0. The summed E-state index contributed by atoms with van der Waals surface area (Å²) in [6.07, 6.45) is 0.525. The molecule has 0 radical (unpaired) electrons. The molecule has 0 aromatic rings. The van der Waals surface area contributed by atoms with Gasteiger partial charge in [0.2, 0.25) is 5.91 Å². The zero-order valence-corrected chi connectivity index (χ0v) is 8.63. The Balaban J connectivity index is 3.40. The van der Waals surface area contributed by atoms with Gasteiger partial charge in [0.1, 0.15) is 0 Å². The first-order chi connectivity index (χ1) is 6.06. The Hall–Kier alpha value is -0.610. The highest BCUT2D eigenvalue weighted by Gasteiger charge is 2.04. The lowest BCUT2D eigenvalue weighted by Gasteiger charge is -2.11. The average Bonchev–Trinajstić information content (AvgIpc) is 2.10. The fraction of sp³-hybridized carbons (Fsp3) is 0.889. The van der Waals surface area contributed by atoms with E-state index in [9.17, 15) is 4.79 Å². The second-order valence-corrected chi connectivity index (χ2v) is 3.34. The van der Waals surface area contributed by atoms with E-state index in [4.69, 9.17) is 5.11 Å². The van der Waals surface area contributed by atoms with Crippen molar-refractivity contribution >= 4 is 5.91 Å². The number of nitrogens with one attached hydrogen (secondary N) is 2. The van der Waals surface area contributed by atoms with Gasteiger partial charge in [-0.25, -0.2) is 0 Å². The monoisotopic (exact) mass is 188 g/mol. The Morgan fingerprint density at radius 3 is 2.54 bits per heavy atom. The number of aliphatic hydroxyl groups is 1. The molecule has 0 saturated carbocycles. The maximum absolute atomic E-state index is 11.1. The van der Waals surface area contributed by atoms with E-state index in [-0.39, 0.29) is 5.91 Å². The molecule has 4 nitrogen and oxygen atoms in total. The number of hydrogen-bond acceptors (Lipinski definition) is 3. The zero-order chi connectivity index (χ0) is 10.3. The number of aliphatic hydroxyl groups excluding tert-OH is 1. The molecule has 2 atom stereocenters. The molecule has 0 fully saturated rings. The highest BCUT2D eigenvalue weighted by Crippen LogP contribution is 1.85. The molecule has 0 heterocycles. The SMILES string of the molecule is CCC(C)NCC(=O)NCC(C)O. The fourth-order valence-corrected chi connectivity index (χ4v) is 0.735. The Morgan fingerprint density at radius 2 is 2.08 bits per heavy atom. The van der Waals surface area contributed by atoms with E-state index in [1.54, 1.807) is 6.92 Å². The standard InChI is InChI=1S/C9H20N2O2/c1-4-7(2)10-6-9(13)11-5-8(3)12/h7-8,10,12H,4-6H2,1-3H3,(H,11,13). The van der Waals surface area contributed by atoms with Gasteiger partial charge in [-0.15, -0.1) is 0 Å². The van der Waals surface area contributed by atoms with Crippen LogP contribution in [0.2, 0.25) is 0 Å². The van der Waals surface area contributed by atoms with E-state index >= 15 is 0 Å². The summed E-state index contributed by atoms with van der Waals surface area (Å²) in [5, 5.41) is 14.6. The molecule has 0 spiro atoms. The maximum atomic E-state index is 11.1. The Kier molecular flexibility index (Phi) is 6.54. The molecule has 0 rings (SSSR count). The highest BCUT2D eigenvalue weighted by atomic mass is 16.3. The minimum atomic E-state index is -0.479. The Bertz CT molecular complexity index is 149. The van der Waals surface area contributed by atoms with Crippen molar-refractivity contribution < 1.29 is 9.90 Å². The summed E-state index contributed by atoms with van der Waals surface area (Å²) in [5.74, 6) is -0.0683. The lowest BCUT2D eigenvalue weighted by molar-refractivity contribution is -0.120. The van der Waals surface area contributed by atoms with Crippen LogP contribution in [0.3, 0.4) is 0 Å². The fourth-order valence-electron chi connectivity index (χ4n) is 0.735. The van der Waals surface area contributed by atoms with Crippen molar-refractivity contribution in [2.45, 2.75) is 39.3 Å². The van der Waals surface area contributed by atoms with Crippen molar-refractivity contribution in [1.82, 2.24) is 10.6 Å². The van der Waals surface area contributed by atoms with Gasteiger partial charge < -0.3 is 15.7 Å². The quantitative estimate of drug-likeness (QED) is 0.544. The van der Waals surface area contributed by atoms with E-state index in [1.165, 1.54) is 0 Å². The molecule has 78 valence electrons. The molecule has 1 amide bonds. The topological polar surface area (TPSA) is 61.4 Å². The second-order valence-electron chi connectivity index (χ2n) is 3.34. The molecule has 0 saturated heterocycles. The minimum absolute atomic E-state index is 0.0683. The van der Waals surface area contributed by atoms with Crippen LogP contribution in [0.4, 0.5) is 0 Å². The van der Waals surface area contributed by atoms with Crippen molar-refractivity contribution in [2.24, 2.45) is 0 Å². The molecule has 0 aliphatic rings. The maximum Gasteiger partial charge on any atom is 0.234 e. The molecule has 4 heteroatoms. The summed E-state index contributed by atoms with van der Waals surface area (Å²) in [6.45, 7) is 6.37. The molecule has 0 aromatic heterocycles. The van der Waals surface area contributed by atoms with Gasteiger partial charge in [0, 0.05) is 12.6 Å². The second kappa shape index (κ2) is 6.86. The third kappa shape index (κ3) is 7.74. The van der Waals surface area contributed by atoms with E-state index in [1.807, 2.05) is 6.92 Å². The van der Waals surface area contributed by atoms with E-state index in [0.717, 1.165) is 6.42 Å². The predicted octanol–water partition coefficient (Wildman–Crippen LogP) is -0.128. The Labute approximate surface area is 79.7 Å². The Morgan fingerprint density at radius 1 is 1.46 bits per heavy atom. The first kappa shape index (κ1) is 12.4. The van der Waals surface area contributed by atoms with Gasteiger partial charge in [-0.2, -0.15) is 0 Å². The summed E-state index contributed by atoms with van der Waals surface area (Å²) in [6, 6.07) is 0.359. The molecular formula is C9H20N2O2. The van der Waals surface area contributed by atoms with Gasteiger partial charge in [0.05, 0.1) is 12.6 Å². The van der Waals surface area contributed by atoms with Gasteiger partial charge in [-0.05, 0) is 20.3 Å². The summed E-state index contributed by atoms with van der Waals surface area (Å²) >= 11 is 0. The van der Waals surface area contributed by atoms with Gasteiger partial charge in [-0.3, -0.25) is 4.79 Å². The molecule has 0 aliphatic carbocycles. The van der Waals surface area contributed by atoms with Gasteiger partial charge in [-0.1, -0.05) is 6.92 Å². The molecule has 0 aromatic carbocycles. The number of carbonyl (C=O) groups is 1. The van der Waals surface area contributed by atoms with Crippen LogP contribution in [-0.2, 0) is 4.79 Å². The van der Waals surface area contributed by atoms with Crippen LogP contribution in [0.25, 0.3) is 0 Å². The van der Waals surface area contributed by atoms with Crippen molar-refractivity contribution in [3.63, 3.8) is 0 Å². The van der Waals surface area contributed by atoms with Gasteiger partial charge in [0.25, 0.3) is 0 Å². The molecular weight excluding hydrogens is 168 g/mol. The zero-order valence-electron chi connectivity index (χ0n) is 8.63. The number of carbonyl (C=O) groups excluding carboxylic acids is 1.